The Kier molecular flexibility index (Phi) is 5.56. The fraction of sp³-hybridized carbons (Fsp3) is 0.833. The molecule has 0 bridgehead atoms. The van der Waals surface area contributed by atoms with Crippen molar-refractivity contribution in [3.05, 3.63) is 0 Å². The molecule has 1 fully saturated rings. The Balaban J connectivity index is 2.51. The number of likely N-dealkylation sites (tertiary alicyclic amines) is 1. The summed E-state index contributed by atoms with van der Waals surface area (Å²) in [6, 6.07) is -0.346. The lowest BCUT2D eigenvalue weighted by Gasteiger charge is -2.27. The van der Waals surface area contributed by atoms with Gasteiger partial charge in [0.15, 0.2) is 0 Å². The highest BCUT2D eigenvalue weighted by atomic mass is 16.4. The molecule has 0 radical (unpaired) electrons. The van der Waals surface area contributed by atoms with E-state index >= 15 is 0 Å². The summed E-state index contributed by atoms with van der Waals surface area (Å²) in [5, 5.41) is 21.0. The molecule has 1 saturated heterocycles. The number of carbonyl (C=O) groups is 2. The highest BCUT2D eigenvalue weighted by molar-refractivity contribution is 5.76. The third-order valence-electron chi connectivity index (χ3n) is 3.21. The number of likely N-dealkylation sites (N-methyl/N-ethyl adjacent to an activating group) is 1. The van der Waals surface area contributed by atoms with E-state index in [1.54, 1.807) is 11.8 Å². The van der Waals surface area contributed by atoms with Crippen LogP contribution in [0, 0.1) is 5.92 Å². The second kappa shape index (κ2) is 6.72. The molecule has 0 aromatic heterocycles. The summed E-state index contributed by atoms with van der Waals surface area (Å²) in [6.45, 7) is 2.61. The first-order valence-corrected chi connectivity index (χ1v) is 6.41. The zero-order valence-electron chi connectivity index (χ0n) is 11.7. The van der Waals surface area contributed by atoms with E-state index in [9.17, 15) is 14.7 Å². The van der Waals surface area contributed by atoms with Gasteiger partial charge in [0.1, 0.15) is 0 Å². The second-order valence-corrected chi connectivity index (χ2v) is 5.38. The predicted octanol–water partition coefficient (Wildman–Crippen LogP) is -0.586. The maximum Gasteiger partial charge on any atom is 0.317 e. The van der Waals surface area contributed by atoms with Crippen LogP contribution in [0.25, 0.3) is 0 Å². The van der Waals surface area contributed by atoms with E-state index < -0.39 is 18.0 Å². The number of carboxylic acids is 1. The van der Waals surface area contributed by atoms with Crippen molar-refractivity contribution in [3.8, 4) is 0 Å². The van der Waals surface area contributed by atoms with Crippen LogP contribution in [0.5, 0.6) is 0 Å². The molecule has 0 aliphatic carbocycles. The molecule has 0 aromatic carbocycles. The number of rotatable bonds is 5. The van der Waals surface area contributed by atoms with Gasteiger partial charge in [0.05, 0.1) is 12.0 Å². The Bertz CT molecular complexity index is 335. The van der Waals surface area contributed by atoms with E-state index in [4.69, 9.17) is 5.11 Å². The largest absolute Gasteiger partial charge is 0.481 e. The molecule has 1 aliphatic heterocycles. The van der Waals surface area contributed by atoms with Gasteiger partial charge in [0.25, 0.3) is 0 Å². The average Bonchev–Trinajstić information content (AvgIpc) is 2.65. The zero-order chi connectivity index (χ0) is 14.6. The SMILES string of the molecule is CC(CNC(=O)N1CC(O)CC1CN(C)C)C(=O)O. The molecule has 0 spiro atoms. The van der Waals surface area contributed by atoms with E-state index in [1.165, 1.54) is 0 Å². The van der Waals surface area contributed by atoms with Gasteiger partial charge in [-0.1, -0.05) is 6.92 Å². The molecule has 2 amide bonds. The summed E-state index contributed by atoms with van der Waals surface area (Å²) in [4.78, 5) is 26.2. The number of urea groups is 1. The summed E-state index contributed by atoms with van der Waals surface area (Å²) in [5.74, 6) is -1.56. The molecule has 1 rings (SSSR count). The monoisotopic (exact) mass is 273 g/mol. The highest BCUT2D eigenvalue weighted by Gasteiger charge is 2.34. The Hall–Kier alpha value is -1.34. The van der Waals surface area contributed by atoms with Crippen molar-refractivity contribution >= 4 is 12.0 Å². The number of hydrogen-bond donors (Lipinski definition) is 3. The summed E-state index contributed by atoms with van der Waals surface area (Å²) in [6.07, 6.45) is 0.0488. The quantitative estimate of drug-likeness (QED) is 0.623. The van der Waals surface area contributed by atoms with Crippen LogP contribution in [-0.2, 0) is 4.79 Å². The summed E-state index contributed by atoms with van der Waals surface area (Å²) in [5.41, 5.74) is 0. The van der Waals surface area contributed by atoms with Crippen molar-refractivity contribution in [2.75, 3.05) is 33.7 Å². The third kappa shape index (κ3) is 4.68. The van der Waals surface area contributed by atoms with Crippen molar-refractivity contribution in [1.82, 2.24) is 15.1 Å². The average molecular weight is 273 g/mol. The van der Waals surface area contributed by atoms with Gasteiger partial charge in [-0.15, -0.1) is 0 Å². The molecular formula is C12H23N3O4. The van der Waals surface area contributed by atoms with Gasteiger partial charge < -0.3 is 25.3 Å². The Morgan fingerprint density at radius 2 is 2.11 bits per heavy atom. The number of aliphatic hydroxyl groups is 1. The molecule has 1 heterocycles. The molecule has 3 unspecified atom stereocenters. The van der Waals surface area contributed by atoms with E-state index in [0.29, 0.717) is 19.5 Å². The Labute approximate surface area is 113 Å². The van der Waals surface area contributed by atoms with Crippen molar-refractivity contribution in [1.29, 1.82) is 0 Å². The molecule has 0 saturated carbocycles. The van der Waals surface area contributed by atoms with Gasteiger partial charge in [-0.25, -0.2) is 4.79 Å². The molecular weight excluding hydrogens is 250 g/mol. The van der Waals surface area contributed by atoms with Gasteiger partial charge >= 0.3 is 12.0 Å². The number of nitrogens with one attached hydrogen (secondary N) is 1. The van der Waals surface area contributed by atoms with Crippen molar-refractivity contribution in [2.24, 2.45) is 5.92 Å². The van der Waals surface area contributed by atoms with E-state index in [0.717, 1.165) is 0 Å². The first-order valence-electron chi connectivity index (χ1n) is 6.41. The third-order valence-corrected chi connectivity index (χ3v) is 3.21. The topological polar surface area (TPSA) is 93.1 Å². The summed E-state index contributed by atoms with van der Waals surface area (Å²) < 4.78 is 0. The van der Waals surface area contributed by atoms with Crippen LogP contribution in [0.4, 0.5) is 4.79 Å². The minimum absolute atomic E-state index is 0.0369. The van der Waals surface area contributed by atoms with E-state index in [1.807, 2.05) is 19.0 Å². The smallest absolute Gasteiger partial charge is 0.317 e. The lowest BCUT2D eigenvalue weighted by atomic mass is 10.2. The number of nitrogens with zero attached hydrogens (tertiary/aromatic N) is 2. The van der Waals surface area contributed by atoms with Gasteiger partial charge in [-0.05, 0) is 20.5 Å². The van der Waals surface area contributed by atoms with Crippen molar-refractivity contribution in [2.45, 2.75) is 25.5 Å². The molecule has 3 atom stereocenters. The normalized spacial score (nSPS) is 24.6. The van der Waals surface area contributed by atoms with Crippen LogP contribution >= 0.6 is 0 Å². The minimum Gasteiger partial charge on any atom is -0.481 e. The van der Waals surface area contributed by atoms with Gasteiger partial charge in [0, 0.05) is 25.7 Å². The molecule has 3 N–H and O–H groups in total. The molecule has 19 heavy (non-hydrogen) atoms. The number of β-amino-alcohol motifs (C(OH)–C–C–N with tert-alkyl or cyclic N) is 1. The molecule has 1 aliphatic rings. The number of aliphatic hydroxyl groups excluding tert-OH is 1. The maximum absolute atomic E-state index is 12.0. The fourth-order valence-electron chi connectivity index (χ4n) is 2.16. The lowest BCUT2D eigenvalue weighted by Crippen LogP contribution is -2.47. The number of aliphatic carboxylic acids is 1. The zero-order valence-corrected chi connectivity index (χ0v) is 11.7. The lowest BCUT2D eigenvalue weighted by molar-refractivity contribution is -0.140. The summed E-state index contributed by atoms with van der Waals surface area (Å²) >= 11 is 0. The Morgan fingerprint density at radius 1 is 1.47 bits per heavy atom. The van der Waals surface area contributed by atoms with E-state index in [2.05, 4.69) is 5.32 Å². The predicted molar refractivity (Wildman–Crippen MR) is 69.9 cm³/mol. The number of carboxylic acid groups (broad SMARTS) is 1. The molecule has 7 nitrogen and oxygen atoms in total. The molecule has 7 heteroatoms. The fourth-order valence-corrected chi connectivity index (χ4v) is 2.16. The minimum atomic E-state index is -0.938. The molecule has 110 valence electrons. The number of carbonyl (C=O) groups excluding carboxylic acids is 1. The summed E-state index contributed by atoms with van der Waals surface area (Å²) in [7, 11) is 3.82. The van der Waals surface area contributed by atoms with Crippen molar-refractivity contribution < 1.29 is 19.8 Å². The van der Waals surface area contributed by atoms with E-state index in [-0.39, 0.29) is 18.6 Å². The van der Waals surface area contributed by atoms with Crippen LogP contribution in [-0.4, -0.2) is 77.9 Å². The van der Waals surface area contributed by atoms with Crippen LogP contribution in [0.1, 0.15) is 13.3 Å². The van der Waals surface area contributed by atoms with Crippen LogP contribution in [0.15, 0.2) is 0 Å². The highest BCUT2D eigenvalue weighted by Crippen LogP contribution is 2.18. The van der Waals surface area contributed by atoms with Crippen LogP contribution < -0.4 is 5.32 Å². The van der Waals surface area contributed by atoms with Gasteiger partial charge in [-0.3, -0.25) is 4.79 Å². The first kappa shape index (κ1) is 15.7. The number of hydrogen-bond acceptors (Lipinski definition) is 4. The van der Waals surface area contributed by atoms with Crippen molar-refractivity contribution in [3.63, 3.8) is 0 Å². The molecule has 0 aromatic rings. The van der Waals surface area contributed by atoms with Crippen LogP contribution in [0.3, 0.4) is 0 Å². The second-order valence-electron chi connectivity index (χ2n) is 5.38. The van der Waals surface area contributed by atoms with Crippen LogP contribution in [0.2, 0.25) is 0 Å². The Morgan fingerprint density at radius 3 is 2.63 bits per heavy atom. The number of amides is 2. The first-order chi connectivity index (χ1) is 8.81. The standard InChI is InChI=1S/C12H23N3O4/c1-8(11(17)18)5-13-12(19)15-7-10(16)4-9(15)6-14(2)3/h8-10,16H,4-7H2,1-3H3,(H,13,19)(H,17,18). The van der Waals surface area contributed by atoms with Gasteiger partial charge in [-0.2, -0.15) is 0 Å². The van der Waals surface area contributed by atoms with Gasteiger partial charge in [0.2, 0.25) is 0 Å². The maximum atomic E-state index is 12.0.